The number of carbonyl (C=O) groups is 1. The van der Waals surface area contributed by atoms with Gasteiger partial charge in [0.15, 0.2) is 0 Å². The Hall–Kier alpha value is -1.65. The first-order valence-electron chi connectivity index (χ1n) is 9.97. The number of carbonyl (C=O) groups excluding carboxylic acids is 1. The van der Waals surface area contributed by atoms with Gasteiger partial charge in [-0.15, -0.1) is 0 Å². The van der Waals surface area contributed by atoms with Gasteiger partial charge in [-0.3, -0.25) is 9.69 Å². The predicted molar refractivity (Wildman–Crippen MR) is 115 cm³/mol. The summed E-state index contributed by atoms with van der Waals surface area (Å²) in [6.07, 6.45) is 1.86. The largest absolute Gasteiger partial charge is 0.340 e. The standard InChI is InChI=1S/C23H29BrN2O/c1-3-18(4-2)23(27)26-16-14-25(15-17-26)22(19-8-6-5-7-9-19)20-10-12-21(24)13-11-20/h5-13,18,22H,3-4,14-17H2,1-2H3/t22-/m1/s1. The second-order valence-electron chi connectivity index (χ2n) is 7.24. The van der Waals surface area contributed by atoms with Crippen molar-refractivity contribution in [2.24, 2.45) is 5.92 Å². The first kappa shape index (κ1) is 20.1. The SMILES string of the molecule is CCC(CC)C(=O)N1CCN([C@H](c2ccccc2)c2ccc(Br)cc2)CC1. The molecule has 0 N–H and O–H groups in total. The van der Waals surface area contributed by atoms with E-state index in [-0.39, 0.29) is 12.0 Å². The Bertz CT molecular complexity index is 720. The predicted octanol–water partition coefficient (Wildman–Crippen LogP) is 5.12. The molecule has 1 saturated heterocycles. The molecule has 2 aromatic carbocycles. The third-order valence-electron chi connectivity index (χ3n) is 5.63. The summed E-state index contributed by atoms with van der Waals surface area (Å²) >= 11 is 3.54. The lowest BCUT2D eigenvalue weighted by Crippen LogP contribution is -2.51. The Balaban J connectivity index is 1.77. The number of hydrogen-bond donors (Lipinski definition) is 0. The van der Waals surface area contributed by atoms with Gasteiger partial charge in [-0.25, -0.2) is 0 Å². The number of benzene rings is 2. The average Bonchev–Trinajstić information content (AvgIpc) is 2.72. The maximum Gasteiger partial charge on any atom is 0.225 e. The van der Waals surface area contributed by atoms with E-state index >= 15 is 0 Å². The van der Waals surface area contributed by atoms with E-state index in [2.05, 4.69) is 94.2 Å². The second kappa shape index (κ2) is 9.52. The Morgan fingerprint density at radius 2 is 1.44 bits per heavy atom. The topological polar surface area (TPSA) is 23.6 Å². The van der Waals surface area contributed by atoms with Crippen LogP contribution in [-0.2, 0) is 4.79 Å². The van der Waals surface area contributed by atoms with Crippen LogP contribution in [0.3, 0.4) is 0 Å². The highest BCUT2D eigenvalue weighted by molar-refractivity contribution is 9.10. The monoisotopic (exact) mass is 428 g/mol. The van der Waals surface area contributed by atoms with Gasteiger partial charge in [-0.1, -0.05) is 72.2 Å². The van der Waals surface area contributed by atoms with Crippen LogP contribution in [-0.4, -0.2) is 41.9 Å². The summed E-state index contributed by atoms with van der Waals surface area (Å²) in [5, 5.41) is 0. The lowest BCUT2D eigenvalue weighted by molar-refractivity contribution is -0.137. The normalized spacial score (nSPS) is 16.5. The zero-order valence-corrected chi connectivity index (χ0v) is 17.9. The summed E-state index contributed by atoms with van der Waals surface area (Å²) in [6, 6.07) is 19.5. The van der Waals surface area contributed by atoms with Crippen molar-refractivity contribution in [1.29, 1.82) is 0 Å². The van der Waals surface area contributed by atoms with Crippen LogP contribution < -0.4 is 0 Å². The molecule has 0 unspecified atom stereocenters. The highest BCUT2D eigenvalue weighted by Crippen LogP contribution is 2.30. The van der Waals surface area contributed by atoms with Gasteiger partial charge in [0, 0.05) is 36.6 Å². The van der Waals surface area contributed by atoms with Crippen LogP contribution in [0.5, 0.6) is 0 Å². The summed E-state index contributed by atoms with van der Waals surface area (Å²) in [5.41, 5.74) is 2.60. The zero-order chi connectivity index (χ0) is 19.2. The lowest BCUT2D eigenvalue weighted by Gasteiger charge is -2.40. The molecule has 0 aliphatic carbocycles. The van der Waals surface area contributed by atoms with Crippen LogP contribution in [0.1, 0.15) is 43.9 Å². The average molecular weight is 429 g/mol. The van der Waals surface area contributed by atoms with Gasteiger partial charge in [-0.2, -0.15) is 0 Å². The van der Waals surface area contributed by atoms with Crippen molar-refractivity contribution in [1.82, 2.24) is 9.80 Å². The fourth-order valence-electron chi connectivity index (χ4n) is 3.99. The molecule has 1 atom stereocenters. The van der Waals surface area contributed by atoms with Gasteiger partial charge in [0.1, 0.15) is 0 Å². The van der Waals surface area contributed by atoms with Crippen LogP contribution in [0.2, 0.25) is 0 Å². The summed E-state index contributed by atoms with van der Waals surface area (Å²) in [5.74, 6) is 0.507. The van der Waals surface area contributed by atoms with Gasteiger partial charge in [0.05, 0.1) is 6.04 Å². The third kappa shape index (κ3) is 4.80. The van der Waals surface area contributed by atoms with Crippen molar-refractivity contribution in [3.63, 3.8) is 0 Å². The van der Waals surface area contributed by atoms with E-state index in [1.807, 2.05) is 0 Å². The molecule has 1 aliphatic rings. The third-order valence-corrected chi connectivity index (χ3v) is 6.16. The van der Waals surface area contributed by atoms with Crippen LogP contribution in [0.15, 0.2) is 59.1 Å². The number of amides is 1. The maximum absolute atomic E-state index is 12.7. The molecular weight excluding hydrogens is 400 g/mol. The van der Waals surface area contributed by atoms with Crippen molar-refractivity contribution in [3.8, 4) is 0 Å². The molecule has 4 heteroatoms. The van der Waals surface area contributed by atoms with Crippen LogP contribution >= 0.6 is 15.9 Å². The fraction of sp³-hybridized carbons (Fsp3) is 0.435. The van der Waals surface area contributed by atoms with E-state index < -0.39 is 0 Å². The van der Waals surface area contributed by atoms with Crippen molar-refractivity contribution < 1.29 is 4.79 Å². The Morgan fingerprint density at radius 3 is 2.00 bits per heavy atom. The van der Waals surface area contributed by atoms with Gasteiger partial charge >= 0.3 is 0 Å². The van der Waals surface area contributed by atoms with Gasteiger partial charge in [0.2, 0.25) is 5.91 Å². The first-order chi connectivity index (χ1) is 13.1. The minimum absolute atomic E-state index is 0.174. The molecule has 3 nitrogen and oxygen atoms in total. The number of nitrogens with zero attached hydrogens (tertiary/aromatic N) is 2. The molecule has 1 heterocycles. The van der Waals surface area contributed by atoms with Gasteiger partial charge < -0.3 is 4.90 Å². The highest BCUT2D eigenvalue weighted by atomic mass is 79.9. The van der Waals surface area contributed by atoms with Crippen LogP contribution in [0.4, 0.5) is 0 Å². The molecule has 27 heavy (non-hydrogen) atoms. The van der Waals surface area contributed by atoms with Crippen molar-refractivity contribution in [2.45, 2.75) is 32.7 Å². The highest BCUT2D eigenvalue weighted by Gasteiger charge is 2.29. The minimum Gasteiger partial charge on any atom is -0.340 e. The van der Waals surface area contributed by atoms with E-state index in [0.717, 1.165) is 43.5 Å². The molecule has 2 aromatic rings. The van der Waals surface area contributed by atoms with E-state index in [1.54, 1.807) is 0 Å². The zero-order valence-electron chi connectivity index (χ0n) is 16.3. The molecule has 1 amide bonds. The molecule has 3 rings (SSSR count). The second-order valence-corrected chi connectivity index (χ2v) is 8.16. The van der Waals surface area contributed by atoms with Gasteiger partial charge in [0.25, 0.3) is 0 Å². The molecular formula is C23H29BrN2O. The van der Waals surface area contributed by atoms with E-state index in [0.29, 0.717) is 5.91 Å². The summed E-state index contributed by atoms with van der Waals surface area (Å²) in [6.45, 7) is 7.66. The van der Waals surface area contributed by atoms with Crippen molar-refractivity contribution in [3.05, 3.63) is 70.2 Å². The van der Waals surface area contributed by atoms with E-state index in [4.69, 9.17) is 0 Å². The molecule has 1 aliphatic heterocycles. The number of rotatable bonds is 6. The minimum atomic E-state index is 0.174. The molecule has 0 spiro atoms. The number of piperazine rings is 1. The van der Waals surface area contributed by atoms with E-state index in [9.17, 15) is 4.79 Å². The van der Waals surface area contributed by atoms with Crippen molar-refractivity contribution in [2.75, 3.05) is 26.2 Å². The Morgan fingerprint density at radius 1 is 0.889 bits per heavy atom. The van der Waals surface area contributed by atoms with Crippen LogP contribution in [0, 0.1) is 5.92 Å². The summed E-state index contributed by atoms with van der Waals surface area (Å²) in [4.78, 5) is 17.3. The molecule has 0 aromatic heterocycles. The van der Waals surface area contributed by atoms with E-state index in [1.165, 1.54) is 11.1 Å². The molecule has 0 radical (unpaired) electrons. The molecule has 144 valence electrons. The maximum atomic E-state index is 12.7. The quantitative estimate of drug-likeness (QED) is 0.637. The number of halogens is 1. The number of hydrogen-bond acceptors (Lipinski definition) is 2. The Kier molecular flexibility index (Phi) is 7.08. The first-order valence-corrected chi connectivity index (χ1v) is 10.8. The lowest BCUT2D eigenvalue weighted by atomic mass is 9.96. The van der Waals surface area contributed by atoms with Crippen LogP contribution in [0.25, 0.3) is 0 Å². The Labute approximate surface area is 171 Å². The summed E-state index contributed by atoms with van der Waals surface area (Å²) in [7, 11) is 0. The van der Waals surface area contributed by atoms with Gasteiger partial charge in [-0.05, 0) is 36.1 Å². The fourth-order valence-corrected chi connectivity index (χ4v) is 4.26. The molecule has 0 saturated carbocycles. The molecule has 1 fully saturated rings. The molecule has 0 bridgehead atoms. The summed E-state index contributed by atoms with van der Waals surface area (Å²) < 4.78 is 1.10. The van der Waals surface area contributed by atoms with Crippen molar-refractivity contribution >= 4 is 21.8 Å². The smallest absolute Gasteiger partial charge is 0.225 e.